The van der Waals surface area contributed by atoms with Crippen molar-refractivity contribution >= 4 is 13.5 Å². The summed E-state index contributed by atoms with van der Waals surface area (Å²) in [5.74, 6) is 0. The van der Waals surface area contributed by atoms with Crippen molar-refractivity contribution in [2.24, 2.45) is 0 Å². The monoisotopic (exact) mass is 269 g/mol. The fourth-order valence-corrected chi connectivity index (χ4v) is 2.03. The lowest BCUT2D eigenvalue weighted by Gasteiger charge is -2.29. The van der Waals surface area contributed by atoms with Gasteiger partial charge >= 0.3 is 0 Å². The van der Waals surface area contributed by atoms with Crippen LogP contribution in [0.3, 0.4) is 0 Å². The predicted molar refractivity (Wildman–Crippen MR) is 83.5 cm³/mol. The molecular formula is C15H27NOS. The van der Waals surface area contributed by atoms with Gasteiger partial charge in [0.2, 0.25) is 0 Å². The number of rotatable bonds is 6. The summed E-state index contributed by atoms with van der Waals surface area (Å²) >= 11 is 0. The molecule has 0 aliphatic rings. The zero-order chi connectivity index (χ0) is 12.8. The molecule has 0 amide bonds. The van der Waals surface area contributed by atoms with E-state index in [0.29, 0.717) is 12.1 Å². The SMILES string of the molecule is CC(C)N[C@H](C)[C@@H](OC(C)C)c1ccccc1.S. The molecule has 0 aliphatic carbocycles. The maximum Gasteiger partial charge on any atom is 0.0978 e. The number of hydrogen-bond donors (Lipinski definition) is 1. The molecule has 3 heteroatoms. The van der Waals surface area contributed by atoms with Crippen LogP contribution in [0.4, 0.5) is 0 Å². The van der Waals surface area contributed by atoms with E-state index in [1.165, 1.54) is 5.56 Å². The number of nitrogens with one attached hydrogen (secondary N) is 1. The van der Waals surface area contributed by atoms with Gasteiger partial charge in [-0.05, 0) is 26.3 Å². The molecular weight excluding hydrogens is 242 g/mol. The maximum absolute atomic E-state index is 6.04. The van der Waals surface area contributed by atoms with E-state index in [-0.39, 0.29) is 25.7 Å². The smallest absolute Gasteiger partial charge is 0.0978 e. The van der Waals surface area contributed by atoms with Crippen LogP contribution in [0.1, 0.15) is 46.3 Å². The lowest BCUT2D eigenvalue weighted by molar-refractivity contribution is -0.0137. The van der Waals surface area contributed by atoms with Gasteiger partial charge in [-0.15, -0.1) is 0 Å². The van der Waals surface area contributed by atoms with Gasteiger partial charge in [0.05, 0.1) is 12.2 Å². The summed E-state index contributed by atoms with van der Waals surface area (Å²) in [5, 5.41) is 3.52. The third-order valence-corrected chi connectivity index (χ3v) is 2.60. The molecule has 0 unspecified atom stereocenters. The summed E-state index contributed by atoms with van der Waals surface area (Å²) in [6.07, 6.45) is 0.343. The zero-order valence-electron chi connectivity index (χ0n) is 12.1. The van der Waals surface area contributed by atoms with Gasteiger partial charge in [-0.1, -0.05) is 44.2 Å². The Bertz CT molecular complexity index is 314. The molecule has 0 saturated carbocycles. The maximum atomic E-state index is 6.04. The van der Waals surface area contributed by atoms with Crippen LogP contribution in [0.15, 0.2) is 30.3 Å². The molecule has 0 saturated heterocycles. The molecule has 0 radical (unpaired) electrons. The Kier molecular flexibility index (Phi) is 8.32. The Morgan fingerprint density at radius 3 is 1.94 bits per heavy atom. The largest absolute Gasteiger partial charge is 0.369 e. The second-order valence-corrected chi connectivity index (χ2v) is 5.13. The van der Waals surface area contributed by atoms with Gasteiger partial charge in [0, 0.05) is 12.1 Å². The van der Waals surface area contributed by atoms with E-state index in [2.05, 4.69) is 64.2 Å². The molecule has 1 N–H and O–H groups in total. The third kappa shape index (κ3) is 5.89. The van der Waals surface area contributed by atoms with Crippen molar-refractivity contribution in [3.63, 3.8) is 0 Å². The third-order valence-electron chi connectivity index (χ3n) is 2.60. The van der Waals surface area contributed by atoms with Crippen molar-refractivity contribution in [1.29, 1.82) is 0 Å². The van der Waals surface area contributed by atoms with Gasteiger partial charge in [0.25, 0.3) is 0 Å². The van der Waals surface area contributed by atoms with Gasteiger partial charge in [-0.25, -0.2) is 0 Å². The minimum absolute atomic E-state index is 0. The lowest BCUT2D eigenvalue weighted by atomic mass is 10.0. The highest BCUT2D eigenvalue weighted by Crippen LogP contribution is 2.23. The van der Waals surface area contributed by atoms with E-state index >= 15 is 0 Å². The number of ether oxygens (including phenoxy) is 1. The molecule has 0 aliphatic heterocycles. The Morgan fingerprint density at radius 1 is 0.944 bits per heavy atom. The molecule has 0 fully saturated rings. The molecule has 104 valence electrons. The second kappa shape index (κ2) is 8.57. The highest BCUT2D eigenvalue weighted by molar-refractivity contribution is 7.59. The topological polar surface area (TPSA) is 21.3 Å². The molecule has 2 atom stereocenters. The van der Waals surface area contributed by atoms with Gasteiger partial charge in [0.1, 0.15) is 0 Å². The molecule has 1 aromatic rings. The van der Waals surface area contributed by atoms with E-state index in [4.69, 9.17) is 4.74 Å². The van der Waals surface area contributed by atoms with Crippen molar-refractivity contribution in [1.82, 2.24) is 5.32 Å². The van der Waals surface area contributed by atoms with Gasteiger partial charge in [-0.3, -0.25) is 0 Å². The fourth-order valence-electron chi connectivity index (χ4n) is 2.03. The van der Waals surface area contributed by atoms with Gasteiger partial charge in [0.15, 0.2) is 0 Å². The van der Waals surface area contributed by atoms with Gasteiger partial charge < -0.3 is 10.1 Å². The molecule has 18 heavy (non-hydrogen) atoms. The summed E-state index contributed by atoms with van der Waals surface area (Å²) in [6.45, 7) is 10.7. The van der Waals surface area contributed by atoms with E-state index in [0.717, 1.165) is 0 Å². The molecule has 1 aromatic carbocycles. The molecule has 1 rings (SSSR count). The molecule has 2 nitrogen and oxygen atoms in total. The van der Waals surface area contributed by atoms with Crippen LogP contribution in [0, 0.1) is 0 Å². The normalized spacial score (nSPS) is 14.4. The first-order chi connectivity index (χ1) is 8.00. The van der Waals surface area contributed by atoms with Crippen LogP contribution in [0.5, 0.6) is 0 Å². The Balaban J connectivity index is 0.00000289. The standard InChI is InChI=1S/C15H25NO.H2S/c1-11(2)16-13(5)15(17-12(3)4)14-9-7-6-8-10-14;/h6-13,15-16H,1-5H3;1H2/t13-,15-;/m1./s1. The van der Waals surface area contributed by atoms with Crippen molar-refractivity contribution < 1.29 is 4.74 Å². The molecule has 0 spiro atoms. The minimum Gasteiger partial charge on any atom is -0.369 e. The quantitative estimate of drug-likeness (QED) is 0.851. The lowest BCUT2D eigenvalue weighted by Crippen LogP contribution is -2.38. The predicted octanol–water partition coefficient (Wildman–Crippen LogP) is 3.65. The highest BCUT2D eigenvalue weighted by atomic mass is 32.1. The van der Waals surface area contributed by atoms with Crippen LogP contribution >= 0.6 is 13.5 Å². The summed E-state index contributed by atoms with van der Waals surface area (Å²) in [6, 6.07) is 11.2. The first-order valence-electron chi connectivity index (χ1n) is 6.47. The first-order valence-corrected chi connectivity index (χ1v) is 6.47. The van der Waals surface area contributed by atoms with Gasteiger partial charge in [-0.2, -0.15) is 13.5 Å². The van der Waals surface area contributed by atoms with Crippen LogP contribution in [0.2, 0.25) is 0 Å². The average molecular weight is 269 g/mol. The number of hydrogen-bond acceptors (Lipinski definition) is 2. The van der Waals surface area contributed by atoms with Crippen molar-refractivity contribution in [3.8, 4) is 0 Å². The van der Waals surface area contributed by atoms with Crippen LogP contribution in [-0.4, -0.2) is 18.2 Å². The highest BCUT2D eigenvalue weighted by Gasteiger charge is 2.21. The Labute approximate surface area is 119 Å². The first kappa shape index (κ1) is 17.5. The molecule has 0 aromatic heterocycles. The van der Waals surface area contributed by atoms with E-state index in [9.17, 15) is 0 Å². The van der Waals surface area contributed by atoms with Crippen molar-refractivity contribution in [2.75, 3.05) is 0 Å². The fraction of sp³-hybridized carbons (Fsp3) is 0.600. The van der Waals surface area contributed by atoms with Crippen molar-refractivity contribution in [2.45, 2.75) is 58.9 Å². The average Bonchev–Trinajstić information content (AvgIpc) is 2.25. The minimum atomic E-state index is 0. The summed E-state index contributed by atoms with van der Waals surface area (Å²) in [5.41, 5.74) is 1.24. The van der Waals surface area contributed by atoms with Crippen LogP contribution in [-0.2, 0) is 4.74 Å². The number of benzene rings is 1. The van der Waals surface area contributed by atoms with E-state index < -0.39 is 0 Å². The Hall–Kier alpha value is -0.510. The van der Waals surface area contributed by atoms with E-state index in [1.807, 2.05) is 6.07 Å². The summed E-state index contributed by atoms with van der Waals surface area (Å²) < 4.78 is 6.04. The summed E-state index contributed by atoms with van der Waals surface area (Å²) in [4.78, 5) is 0. The molecule has 0 bridgehead atoms. The Morgan fingerprint density at radius 2 is 1.50 bits per heavy atom. The van der Waals surface area contributed by atoms with Crippen molar-refractivity contribution in [3.05, 3.63) is 35.9 Å². The summed E-state index contributed by atoms with van der Waals surface area (Å²) in [7, 11) is 0. The zero-order valence-corrected chi connectivity index (χ0v) is 13.1. The molecule has 0 heterocycles. The van der Waals surface area contributed by atoms with E-state index in [1.54, 1.807) is 0 Å². The van der Waals surface area contributed by atoms with Crippen LogP contribution < -0.4 is 5.32 Å². The van der Waals surface area contributed by atoms with Crippen LogP contribution in [0.25, 0.3) is 0 Å². The second-order valence-electron chi connectivity index (χ2n) is 5.13.